The number of sulfone groups is 1. The number of benzene rings is 2. The first-order chi connectivity index (χ1) is 12.8. The minimum Gasteiger partial charge on any atom is -0.482 e. The Bertz CT molecular complexity index is 1030. The Morgan fingerprint density at radius 2 is 1.52 bits per heavy atom. The van der Waals surface area contributed by atoms with E-state index in [2.05, 4.69) is 6.58 Å². The maximum atomic E-state index is 13.4. The molecule has 0 aromatic heterocycles. The van der Waals surface area contributed by atoms with Crippen LogP contribution in [0, 0.1) is 5.82 Å². The molecular formula is C22H21FO3S. The molecule has 1 heterocycles. The summed E-state index contributed by atoms with van der Waals surface area (Å²) in [6, 6.07) is 13.2. The van der Waals surface area contributed by atoms with Crippen molar-refractivity contribution in [2.45, 2.75) is 36.2 Å². The molecule has 4 rings (SSSR count). The number of rotatable bonds is 3. The Morgan fingerprint density at radius 1 is 0.963 bits per heavy atom. The van der Waals surface area contributed by atoms with Gasteiger partial charge in [0.15, 0.2) is 9.84 Å². The van der Waals surface area contributed by atoms with Crippen LogP contribution in [0.1, 0.15) is 36.8 Å². The largest absolute Gasteiger partial charge is 0.482 e. The normalized spacial score (nSPS) is 19.0. The fraction of sp³-hybridized carbons (Fsp3) is 0.273. The van der Waals surface area contributed by atoms with Gasteiger partial charge in [-0.1, -0.05) is 30.8 Å². The quantitative estimate of drug-likeness (QED) is 0.748. The Balaban J connectivity index is 1.92. The summed E-state index contributed by atoms with van der Waals surface area (Å²) in [5, 5.41) is 0. The first-order valence-electron chi connectivity index (χ1n) is 9.00. The molecule has 2 aliphatic rings. The highest BCUT2D eigenvalue weighted by molar-refractivity contribution is 7.90. The van der Waals surface area contributed by atoms with E-state index in [1.54, 1.807) is 24.3 Å². The predicted octanol–water partition coefficient (Wildman–Crippen LogP) is 5.00. The van der Waals surface area contributed by atoms with Crippen LogP contribution in [0.15, 0.2) is 65.8 Å². The van der Waals surface area contributed by atoms with Crippen molar-refractivity contribution in [1.29, 1.82) is 0 Å². The van der Waals surface area contributed by atoms with Crippen molar-refractivity contribution in [2.75, 3.05) is 6.26 Å². The van der Waals surface area contributed by atoms with Gasteiger partial charge in [0.2, 0.25) is 0 Å². The molecule has 0 saturated heterocycles. The van der Waals surface area contributed by atoms with Crippen molar-refractivity contribution >= 4 is 21.0 Å². The minimum atomic E-state index is -3.26. The Morgan fingerprint density at radius 3 is 2.07 bits per heavy atom. The molecule has 0 unspecified atom stereocenters. The van der Waals surface area contributed by atoms with Crippen LogP contribution in [-0.2, 0) is 14.6 Å². The average Bonchev–Trinajstić information content (AvgIpc) is 3.20. The second kappa shape index (κ2) is 6.34. The van der Waals surface area contributed by atoms with E-state index in [4.69, 9.17) is 4.74 Å². The standard InChI is InChI=1S/C22H21FO3S/c1-15-20(16-5-9-18(23)10-6-16)21(22(26-15)13-3-4-14-22)17-7-11-19(12-8-17)27(2,24)25/h5-12H,1,3-4,13-14H2,2H3. The van der Waals surface area contributed by atoms with Crippen molar-refractivity contribution in [1.82, 2.24) is 0 Å². The van der Waals surface area contributed by atoms with Gasteiger partial charge in [0.05, 0.1) is 4.90 Å². The molecule has 1 spiro atoms. The van der Waals surface area contributed by atoms with Crippen LogP contribution >= 0.6 is 0 Å². The van der Waals surface area contributed by atoms with Crippen LogP contribution in [-0.4, -0.2) is 20.3 Å². The van der Waals surface area contributed by atoms with E-state index in [1.165, 1.54) is 18.4 Å². The molecule has 0 atom stereocenters. The highest BCUT2D eigenvalue weighted by Gasteiger charge is 2.47. The molecule has 1 fully saturated rings. The molecule has 3 nitrogen and oxygen atoms in total. The van der Waals surface area contributed by atoms with Gasteiger partial charge >= 0.3 is 0 Å². The first kappa shape index (κ1) is 18.0. The second-order valence-corrected chi connectivity index (χ2v) is 9.30. The van der Waals surface area contributed by atoms with Gasteiger partial charge < -0.3 is 4.74 Å². The number of hydrogen-bond acceptors (Lipinski definition) is 3. The van der Waals surface area contributed by atoms with Crippen LogP contribution in [0.2, 0.25) is 0 Å². The zero-order valence-electron chi connectivity index (χ0n) is 15.2. The molecule has 0 radical (unpaired) electrons. The molecule has 1 aliphatic heterocycles. The van der Waals surface area contributed by atoms with Crippen molar-refractivity contribution in [3.8, 4) is 0 Å². The van der Waals surface area contributed by atoms with Gasteiger partial charge in [0.25, 0.3) is 0 Å². The maximum absolute atomic E-state index is 13.4. The van der Waals surface area contributed by atoms with E-state index in [0.29, 0.717) is 5.76 Å². The predicted molar refractivity (Wildman–Crippen MR) is 104 cm³/mol. The summed E-state index contributed by atoms with van der Waals surface area (Å²) >= 11 is 0. The zero-order chi connectivity index (χ0) is 19.2. The number of hydrogen-bond donors (Lipinski definition) is 0. The fourth-order valence-corrected chi connectivity index (χ4v) is 4.83. The highest BCUT2D eigenvalue weighted by Crippen LogP contribution is 2.55. The van der Waals surface area contributed by atoms with Gasteiger partial charge in [-0.15, -0.1) is 0 Å². The summed E-state index contributed by atoms with van der Waals surface area (Å²) < 4.78 is 43.3. The summed E-state index contributed by atoms with van der Waals surface area (Å²) in [6.45, 7) is 4.12. The average molecular weight is 384 g/mol. The third kappa shape index (κ3) is 3.10. The molecule has 0 N–H and O–H groups in total. The van der Waals surface area contributed by atoms with E-state index < -0.39 is 15.4 Å². The van der Waals surface area contributed by atoms with Gasteiger partial charge in [0.1, 0.15) is 17.2 Å². The molecule has 0 bridgehead atoms. The zero-order valence-corrected chi connectivity index (χ0v) is 16.0. The summed E-state index contributed by atoms with van der Waals surface area (Å²) in [7, 11) is -3.26. The van der Waals surface area contributed by atoms with Gasteiger partial charge in [-0.05, 0) is 61.1 Å². The SMILES string of the molecule is C=C1OC2(CCCC2)C(c2ccc(S(C)(=O)=O)cc2)=C1c1ccc(F)cc1. The Labute approximate surface area is 159 Å². The summed E-state index contributed by atoms with van der Waals surface area (Å²) in [5.41, 5.74) is 3.24. The van der Waals surface area contributed by atoms with Crippen molar-refractivity contribution < 1.29 is 17.5 Å². The van der Waals surface area contributed by atoms with Crippen LogP contribution in [0.5, 0.6) is 0 Å². The lowest BCUT2D eigenvalue weighted by atomic mass is 9.83. The smallest absolute Gasteiger partial charge is 0.175 e. The number of ether oxygens (including phenoxy) is 1. The van der Waals surface area contributed by atoms with Crippen LogP contribution in [0.3, 0.4) is 0 Å². The van der Waals surface area contributed by atoms with Crippen LogP contribution < -0.4 is 0 Å². The molecule has 5 heteroatoms. The van der Waals surface area contributed by atoms with E-state index in [-0.39, 0.29) is 10.7 Å². The van der Waals surface area contributed by atoms with Gasteiger partial charge in [-0.3, -0.25) is 0 Å². The van der Waals surface area contributed by atoms with Crippen molar-refractivity contribution in [3.63, 3.8) is 0 Å². The second-order valence-electron chi connectivity index (χ2n) is 7.28. The molecular weight excluding hydrogens is 363 g/mol. The third-order valence-electron chi connectivity index (χ3n) is 5.42. The molecule has 140 valence electrons. The molecule has 2 aromatic rings. The van der Waals surface area contributed by atoms with E-state index in [0.717, 1.165) is 48.0 Å². The topological polar surface area (TPSA) is 43.4 Å². The third-order valence-corrected chi connectivity index (χ3v) is 6.55. The van der Waals surface area contributed by atoms with Crippen molar-refractivity contribution in [2.24, 2.45) is 0 Å². The first-order valence-corrected chi connectivity index (χ1v) is 10.9. The molecule has 2 aromatic carbocycles. The lowest BCUT2D eigenvalue weighted by Gasteiger charge is -2.27. The lowest BCUT2D eigenvalue weighted by Crippen LogP contribution is -2.25. The highest BCUT2D eigenvalue weighted by atomic mass is 32.2. The van der Waals surface area contributed by atoms with Gasteiger partial charge in [-0.25, -0.2) is 12.8 Å². The summed E-state index contributed by atoms with van der Waals surface area (Å²) in [6.07, 6.45) is 5.10. The molecule has 1 aliphatic carbocycles. The fourth-order valence-electron chi connectivity index (χ4n) is 4.20. The summed E-state index contributed by atoms with van der Waals surface area (Å²) in [4.78, 5) is 0.286. The van der Waals surface area contributed by atoms with E-state index in [1.807, 2.05) is 12.1 Å². The monoisotopic (exact) mass is 384 g/mol. The van der Waals surface area contributed by atoms with Gasteiger partial charge in [0, 0.05) is 17.4 Å². The van der Waals surface area contributed by atoms with Crippen LogP contribution in [0.25, 0.3) is 11.1 Å². The van der Waals surface area contributed by atoms with Crippen LogP contribution in [0.4, 0.5) is 4.39 Å². The Kier molecular flexibility index (Phi) is 4.22. The maximum Gasteiger partial charge on any atom is 0.175 e. The lowest BCUT2D eigenvalue weighted by molar-refractivity contribution is 0.0834. The summed E-state index contributed by atoms with van der Waals surface area (Å²) in [5.74, 6) is 0.296. The molecule has 0 amide bonds. The number of halogens is 1. The van der Waals surface area contributed by atoms with E-state index >= 15 is 0 Å². The molecule has 27 heavy (non-hydrogen) atoms. The van der Waals surface area contributed by atoms with Crippen molar-refractivity contribution in [3.05, 3.63) is 77.8 Å². The van der Waals surface area contributed by atoms with E-state index in [9.17, 15) is 12.8 Å². The minimum absolute atomic E-state index is 0.286. The Hall–Kier alpha value is -2.40. The molecule has 1 saturated carbocycles. The number of allylic oxidation sites excluding steroid dienone is 1. The van der Waals surface area contributed by atoms with Gasteiger partial charge in [-0.2, -0.15) is 0 Å².